The Labute approximate surface area is 129 Å². The van der Waals surface area contributed by atoms with E-state index >= 15 is 0 Å². The molecule has 1 aromatic rings. The molecule has 0 radical (unpaired) electrons. The van der Waals surface area contributed by atoms with Gasteiger partial charge in [-0.3, -0.25) is 4.90 Å². The maximum Gasteiger partial charge on any atom is 0.123 e. The van der Waals surface area contributed by atoms with Gasteiger partial charge in [0.15, 0.2) is 0 Å². The number of rotatable bonds is 5. The molecule has 1 saturated carbocycles. The fourth-order valence-corrected chi connectivity index (χ4v) is 3.41. The normalized spacial score (nSPS) is 24.1. The molecule has 3 unspecified atom stereocenters. The van der Waals surface area contributed by atoms with Crippen molar-refractivity contribution in [3.63, 3.8) is 0 Å². The minimum absolute atomic E-state index is 0.0645. The molecule has 0 bridgehead atoms. The number of hydrogen-bond donors (Lipinski definition) is 1. The number of nitrogens with two attached hydrogens (primary N) is 1. The number of benzene rings is 1. The monoisotopic (exact) mass is 290 g/mol. The SMILES string of the molecule is COc1ccc(C(C)N)cc1CN(C)C1CCCC(C)C1. The first-order chi connectivity index (χ1) is 10.0. The van der Waals surface area contributed by atoms with Crippen LogP contribution < -0.4 is 10.5 Å². The van der Waals surface area contributed by atoms with Gasteiger partial charge in [0.1, 0.15) is 5.75 Å². The lowest BCUT2D eigenvalue weighted by atomic mass is 9.86. The van der Waals surface area contributed by atoms with E-state index in [1.165, 1.54) is 36.8 Å². The van der Waals surface area contributed by atoms with Crippen LogP contribution in [-0.2, 0) is 6.54 Å². The third-order valence-electron chi connectivity index (χ3n) is 4.78. The molecule has 1 aliphatic carbocycles. The number of ether oxygens (including phenoxy) is 1. The number of hydrogen-bond acceptors (Lipinski definition) is 3. The van der Waals surface area contributed by atoms with Crippen molar-refractivity contribution in [1.29, 1.82) is 0 Å². The van der Waals surface area contributed by atoms with E-state index in [0.717, 1.165) is 18.2 Å². The number of methoxy groups -OCH3 is 1. The maximum absolute atomic E-state index is 6.01. The highest BCUT2D eigenvalue weighted by atomic mass is 16.5. The van der Waals surface area contributed by atoms with Gasteiger partial charge in [0.05, 0.1) is 7.11 Å². The molecule has 2 rings (SSSR count). The van der Waals surface area contributed by atoms with Gasteiger partial charge in [-0.25, -0.2) is 0 Å². The van der Waals surface area contributed by atoms with Gasteiger partial charge in [-0.2, -0.15) is 0 Å². The highest BCUT2D eigenvalue weighted by molar-refractivity contribution is 5.38. The van der Waals surface area contributed by atoms with Crippen LogP contribution in [0.2, 0.25) is 0 Å². The van der Waals surface area contributed by atoms with Crippen LogP contribution in [0.3, 0.4) is 0 Å². The van der Waals surface area contributed by atoms with Crippen molar-refractivity contribution in [2.24, 2.45) is 11.7 Å². The van der Waals surface area contributed by atoms with Crippen LogP contribution in [0, 0.1) is 5.92 Å². The lowest BCUT2D eigenvalue weighted by molar-refractivity contribution is 0.156. The van der Waals surface area contributed by atoms with Crippen molar-refractivity contribution in [1.82, 2.24) is 4.90 Å². The Kier molecular flexibility index (Phi) is 5.65. The molecule has 1 fully saturated rings. The summed E-state index contributed by atoms with van der Waals surface area (Å²) < 4.78 is 5.52. The summed E-state index contributed by atoms with van der Waals surface area (Å²) in [6, 6.07) is 7.07. The largest absolute Gasteiger partial charge is 0.496 e. The third kappa shape index (κ3) is 4.21. The van der Waals surface area contributed by atoms with Crippen molar-refractivity contribution in [3.05, 3.63) is 29.3 Å². The van der Waals surface area contributed by atoms with Gasteiger partial charge in [-0.1, -0.05) is 25.8 Å². The molecule has 0 aromatic heterocycles. The van der Waals surface area contributed by atoms with Gasteiger partial charge in [-0.05, 0) is 50.4 Å². The molecule has 21 heavy (non-hydrogen) atoms. The fourth-order valence-electron chi connectivity index (χ4n) is 3.41. The van der Waals surface area contributed by atoms with Crippen LogP contribution in [-0.4, -0.2) is 25.1 Å². The van der Waals surface area contributed by atoms with Gasteiger partial charge in [-0.15, -0.1) is 0 Å². The molecule has 3 atom stereocenters. The van der Waals surface area contributed by atoms with Gasteiger partial charge >= 0.3 is 0 Å². The van der Waals surface area contributed by atoms with Crippen molar-refractivity contribution in [3.8, 4) is 5.75 Å². The lowest BCUT2D eigenvalue weighted by Gasteiger charge is -2.34. The molecule has 1 aromatic carbocycles. The highest BCUT2D eigenvalue weighted by Crippen LogP contribution is 2.29. The van der Waals surface area contributed by atoms with Crippen LogP contribution in [0.5, 0.6) is 5.75 Å². The van der Waals surface area contributed by atoms with E-state index in [1.807, 2.05) is 13.0 Å². The smallest absolute Gasteiger partial charge is 0.123 e. The Hall–Kier alpha value is -1.06. The van der Waals surface area contributed by atoms with Crippen LogP contribution in [0.25, 0.3) is 0 Å². The van der Waals surface area contributed by atoms with Crippen LogP contribution in [0.1, 0.15) is 56.7 Å². The highest BCUT2D eigenvalue weighted by Gasteiger charge is 2.23. The van der Waals surface area contributed by atoms with Crippen molar-refractivity contribution >= 4 is 0 Å². The second-order valence-corrected chi connectivity index (χ2v) is 6.70. The molecular formula is C18H30N2O. The maximum atomic E-state index is 6.01. The molecule has 3 nitrogen and oxygen atoms in total. The quantitative estimate of drug-likeness (QED) is 0.898. The van der Waals surface area contributed by atoms with E-state index in [9.17, 15) is 0 Å². The second kappa shape index (κ2) is 7.28. The first-order valence-electron chi connectivity index (χ1n) is 8.14. The zero-order chi connectivity index (χ0) is 15.4. The van der Waals surface area contributed by atoms with E-state index in [2.05, 4.69) is 31.0 Å². The summed E-state index contributed by atoms with van der Waals surface area (Å²) in [6.45, 7) is 5.33. The Balaban J connectivity index is 2.11. The molecule has 2 N–H and O–H groups in total. The Bertz CT molecular complexity index is 459. The van der Waals surface area contributed by atoms with Gasteiger partial charge in [0.2, 0.25) is 0 Å². The first-order valence-corrected chi connectivity index (χ1v) is 8.14. The van der Waals surface area contributed by atoms with Gasteiger partial charge in [0.25, 0.3) is 0 Å². The zero-order valence-corrected chi connectivity index (χ0v) is 13.9. The predicted molar refractivity (Wildman–Crippen MR) is 88.5 cm³/mol. The zero-order valence-electron chi connectivity index (χ0n) is 13.9. The van der Waals surface area contributed by atoms with E-state index in [0.29, 0.717) is 6.04 Å². The minimum Gasteiger partial charge on any atom is -0.496 e. The standard InChI is InChI=1S/C18H30N2O/c1-13-6-5-7-17(10-13)20(3)12-16-11-15(14(2)19)8-9-18(16)21-4/h8-9,11,13-14,17H,5-7,10,12,19H2,1-4H3. The topological polar surface area (TPSA) is 38.5 Å². The molecule has 0 heterocycles. The van der Waals surface area contributed by atoms with Crippen LogP contribution in [0.15, 0.2) is 18.2 Å². The predicted octanol–water partition coefficient (Wildman–Crippen LogP) is 3.73. The summed E-state index contributed by atoms with van der Waals surface area (Å²) in [6.07, 6.45) is 5.36. The second-order valence-electron chi connectivity index (χ2n) is 6.70. The molecular weight excluding hydrogens is 260 g/mol. The summed E-state index contributed by atoms with van der Waals surface area (Å²) in [4.78, 5) is 2.48. The van der Waals surface area contributed by atoms with Crippen LogP contribution in [0.4, 0.5) is 0 Å². The molecule has 0 amide bonds. The average Bonchev–Trinajstić information content (AvgIpc) is 2.47. The summed E-state index contributed by atoms with van der Waals surface area (Å²) in [5.41, 5.74) is 8.43. The summed E-state index contributed by atoms with van der Waals surface area (Å²) >= 11 is 0. The van der Waals surface area contributed by atoms with Crippen molar-refractivity contribution in [2.45, 2.75) is 58.2 Å². The summed E-state index contributed by atoms with van der Waals surface area (Å²) in [7, 11) is 3.98. The molecule has 1 aliphatic rings. The molecule has 0 spiro atoms. The molecule has 3 heteroatoms. The third-order valence-corrected chi connectivity index (χ3v) is 4.78. The van der Waals surface area contributed by atoms with E-state index in [1.54, 1.807) is 7.11 Å². The molecule has 118 valence electrons. The van der Waals surface area contributed by atoms with E-state index in [4.69, 9.17) is 10.5 Å². The van der Waals surface area contributed by atoms with E-state index < -0.39 is 0 Å². The van der Waals surface area contributed by atoms with Crippen LogP contribution >= 0.6 is 0 Å². The Morgan fingerprint density at radius 3 is 2.76 bits per heavy atom. The van der Waals surface area contributed by atoms with Gasteiger partial charge in [0, 0.05) is 24.2 Å². The summed E-state index contributed by atoms with van der Waals surface area (Å²) in [5.74, 6) is 1.82. The minimum atomic E-state index is 0.0645. The number of nitrogens with zero attached hydrogens (tertiary/aromatic N) is 1. The molecule has 0 aliphatic heterocycles. The first kappa shape index (κ1) is 16.3. The van der Waals surface area contributed by atoms with E-state index in [-0.39, 0.29) is 6.04 Å². The van der Waals surface area contributed by atoms with Crippen molar-refractivity contribution in [2.75, 3.05) is 14.2 Å². The molecule has 0 saturated heterocycles. The Morgan fingerprint density at radius 1 is 1.38 bits per heavy atom. The van der Waals surface area contributed by atoms with Gasteiger partial charge < -0.3 is 10.5 Å². The van der Waals surface area contributed by atoms with Crippen molar-refractivity contribution < 1.29 is 4.74 Å². The lowest BCUT2D eigenvalue weighted by Crippen LogP contribution is -2.35. The fraction of sp³-hybridized carbons (Fsp3) is 0.667. The average molecular weight is 290 g/mol. The summed E-state index contributed by atoms with van der Waals surface area (Å²) in [5, 5.41) is 0. The Morgan fingerprint density at radius 2 is 2.14 bits per heavy atom.